The molecule has 1 amide bonds. The van der Waals surface area contributed by atoms with E-state index in [0.717, 1.165) is 54.4 Å². The van der Waals surface area contributed by atoms with Crippen molar-refractivity contribution in [3.8, 4) is 0 Å². The molecule has 1 saturated heterocycles. The second-order valence-electron chi connectivity index (χ2n) is 16.6. The van der Waals surface area contributed by atoms with E-state index in [1.54, 1.807) is 0 Å². The van der Waals surface area contributed by atoms with Gasteiger partial charge in [0.2, 0.25) is 5.91 Å². The smallest absolute Gasteiger partial charge is 0.220 e. The normalized spacial score (nSPS) is 20.0. The van der Waals surface area contributed by atoms with Gasteiger partial charge in [-0.15, -0.1) is 0 Å². The number of aryl methyl sites for hydroxylation is 1. The van der Waals surface area contributed by atoms with Crippen molar-refractivity contribution >= 4 is 5.91 Å². The molecule has 8 atom stereocenters. The third kappa shape index (κ3) is 16.4. The lowest BCUT2D eigenvalue weighted by atomic mass is 9.97. The van der Waals surface area contributed by atoms with Gasteiger partial charge in [-0.2, -0.15) is 0 Å². The number of carbonyl (C=O) groups excluding carboxylic acids is 1. The maximum absolute atomic E-state index is 13.5. The molecule has 5 aromatic carbocycles. The molecular weight excluding hydrogens is 807 g/mol. The second-order valence-corrected chi connectivity index (χ2v) is 16.6. The minimum atomic E-state index is -1.30. The van der Waals surface area contributed by atoms with Gasteiger partial charge in [-0.05, 0) is 53.5 Å². The van der Waals surface area contributed by atoms with Crippen LogP contribution < -0.4 is 5.32 Å². The molecule has 0 aliphatic carbocycles. The zero-order valence-corrected chi connectivity index (χ0v) is 37.2. The van der Waals surface area contributed by atoms with Crippen molar-refractivity contribution in [1.82, 2.24) is 5.32 Å². The van der Waals surface area contributed by atoms with E-state index in [-0.39, 0.29) is 45.4 Å². The van der Waals surface area contributed by atoms with Gasteiger partial charge in [0, 0.05) is 6.42 Å². The highest BCUT2D eigenvalue weighted by molar-refractivity contribution is 5.76. The number of amides is 1. The number of hydrogen-bond donors (Lipinski definition) is 3. The summed E-state index contributed by atoms with van der Waals surface area (Å²) in [4.78, 5) is 13.5. The zero-order chi connectivity index (χ0) is 44.6. The van der Waals surface area contributed by atoms with Gasteiger partial charge in [0.1, 0.15) is 30.5 Å². The second kappa shape index (κ2) is 27.5. The van der Waals surface area contributed by atoms with E-state index < -0.39 is 49.0 Å². The molecule has 64 heavy (non-hydrogen) atoms. The summed E-state index contributed by atoms with van der Waals surface area (Å²) >= 11 is 0. The summed E-state index contributed by atoms with van der Waals surface area (Å²) < 4.78 is 40.4. The Labute approximate surface area is 379 Å². The number of unbranched alkanes of at least 4 members (excludes halogenated alkanes) is 3. The predicted molar refractivity (Wildman–Crippen MR) is 248 cm³/mol. The molecule has 10 nitrogen and oxygen atoms in total. The van der Waals surface area contributed by atoms with Crippen LogP contribution in [0.25, 0.3) is 0 Å². The molecule has 1 heterocycles. The van der Waals surface area contributed by atoms with Crippen LogP contribution in [0.4, 0.5) is 0 Å². The Balaban J connectivity index is 1.27. The lowest BCUT2D eigenvalue weighted by Crippen LogP contribution is -2.62. The lowest BCUT2D eigenvalue weighted by molar-refractivity contribution is -0.330. The highest BCUT2D eigenvalue weighted by Crippen LogP contribution is 2.32. The van der Waals surface area contributed by atoms with Gasteiger partial charge in [-0.25, -0.2) is 0 Å². The zero-order valence-electron chi connectivity index (χ0n) is 37.2. The monoisotopic (exact) mass is 873 g/mol. The molecular formula is C54H67NO9. The van der Waals surface area contributed by atoms with E-state index in [0.29, 0.717) is 19.4 Å². The quantitative estimate of drug-likeness (QED) is 0.0423. The van der Waals surface area contributed by atoms with Gasteiger partial charge < -0.3 is 44.0 Å². The Bertz CT molecular complexity index is 1980. The number of aliphatic hydroxyl groups excluding tert-OH is 2. The van der Waals surface area contributed by atoms with Crippen molar-refractivity contribution in [2.45, 2.75) is 134 Å². The summed E-state index contributed by atoms with van der Waals surface area (Å²) in [6.07, 6.45) is -0.691. The first kappa shape index (κ1) is 48.7. The topological polar surface area (TPSA) is 125 Å². The van der Waals surface area contributed by atoms with E-state index in [1.807, 2.05) is 140 Å². The first-order valence-corrected chi connectivity index (χ1v) is 23.0. The van der Waals surface area contributed by atoms with Crippen LogP contribution in [0.2, 0.25) is 0 Å². The van der Waals surface area contributed by atoms with E-state index >= 15 is 0 Å². The van der Waals surface area contributed by atoms with Crippen molar-refractivity contribution in [3.05, 3.63) is 179 Å². The Morgan fingerprint density at radius 3 is 1.59 bits per heavy atom. The van der Waals surface area contributed by atoms with Crippen molar-refractivity contribution in [3.63, 3.8) is 0 Å². The largest absolute Gasteiger partial charge is 0.390 e. The fraction of sp³-hybridized carbons (Fsp3) is 0.426. The van der Waals surface area contributed by atoms with Gasteiger partial charge in [0.25, 0.3) is 0 Å². The Morgan fingerprint density at radius 2 is 1.06 bits per heavy atom. The van der Waals surface area contributed by atoms with Crippen molar-refractivity contribution in [2.24, 2.45) is 0 Å². The third-order valence-corrected chi connectivity index (χ3v) is 11.5. The Morgan fingerprint density at radius 1 is 0.578 bits per heavy atom. The van der Waals surface area contributed by atoms with Gasteiger partial charge in [-0.3, -0.25) is 4.79 Å². The highest BCUT2D eigenvalue weighted by atomic mass is 16.7. The number of ether oxygens (including phenoxy) is 6. The molecule has 0 aromatic heterocycles. The van der Waals surface area contributed by atoms with Gasteiger partial charge in [0.05, 0.1) is 51.8 Å². The Hall–Kier alpha value is -4.75. The average Bonchev–Trinajstić information content (AvgIpc) is 3.34. The standard InChI is InChI=1S/C54H67NO9/c1-2-3-9-33-47(56)50(58)46(55-49(57)34-21-20-24-41-22-10-4-11-23-41)39-63-54-53(62-38-45-31-18-8-19-32-45)52(61-37-44-29-16-7-17-30-44)51(60-36-43-27-14-6-15-28-43)48(64-54)40-59-35-42-25-12-5-13-26-42/h4-8,10-19,22-23,25-32,46-48,50-54,56,58H,2-3,9,20-21,24,33-40H2,1H3,(H,55,57)/t46-,47+,48?,50-,51?,52?,53?,54?/m0/s1. The van der Waals surface area contributed by atoms with Crippen LogP contribution in [0.1, 0.15) is 79.7 Å². The first-order valence-electron chi connectivity index (χ1n) is 23.0. The van der Waals surface area contributed by atoms with Crippen LogP contribution in [0, 0.1) is 0 Å². The molecule has 0 spiro atoms. The minimum Gasteiger partial charge on any atom is -0.390 e. The summed E-state index contributed by atoms with van der Waals surface area (Å²) in [5, 5.41) is 25.9. The van der Waals surface area contributed by atoms with Crippen molar-refractivity contribution < 1.29 is 43.4 Å². The van der Waals surface area contributed by atoms with Crippen LogP contribution in [0.5, 0.6) is 0 Å². The van der Waals surface area contributed by atoms with Crippen LogP contribution in [0.15, 0.2) is 152 Å². The first-order chi connectivity index (χ1) is 31.5. The average molecular weight is 874 g/mol. The molecule has 5 unspecified atom stereocenters. The fourth-order valence-corrected chi connectivity index (χ4v) is 7.89. The van der Waals surface area contributed by atoms with Crippen molar-refractivity contribution in [2.75, 3.05) is 13.2 Å². The molecule has 3 N–H and O–H groups in total. The number of aliphatic hydroxyl groups is 2. The van der Waals surface area contributed by atoms with Gasteiger partial charge >= 0.3 is 0 Å². The molecule has 1 aliphatic rings. The van der Waals surface area contributed by atoms with E-state index in [2.05, 4.69) is 24.4 Å². The van der Waals surface area contributed by atoms with E-state index in [9.17, 15) is 15.0 Å². The summed E-state index contributed by atoms with van der Waals surface area (Å²) in [6, 6.07) is 48.9. The van der Waals surface area contributed by atoms with E-state index in [1.165, 1.54) is 5.56 Å². The number of benzene rings is 5. The molecule has 342 valence electrons. The number of carbonyl (C=O) groups is 1. The maximum Gasteiger partial charge on any atom is 0.220 e. The van der Waals surface area contributed by atoms with Crippen molar-refractivity contribution in [1.29, 1.82) is 0 Å². The number of rotatable bonds is 28. The highest BCUT2D eigenvalue weighted by Gasteiger charge is 2.49. The summed E-state index contributed by atoms with van der Waals surface area (Å²) in [6.45, 7) is 3.19. The maximum atomic E-state index is 13.5. The molecule has 5 aromatic rings. The molecule has 1 aliphatic heterocycles. The SMILES string of the molecule is CCCCC[C@@H](O)[C@@H](O)[C@H](COC1OC(COCc2ccccc2)C(OCc2ccccc2)C(OCc2ccccc2)C1OCc1ccccc1)NC(=O)CCCCc1ccccc1. The fourth-order valence-electron chi connectivity index (χ4n) is 7.89. The molecule has 0 radical (unpaired) electrons. The van der Waals surface area contributed by atoms with E-state index in [4.69, 9.17) is 28.4 Å². The Kier molecular flexibility index (Phi) is 21.0. The van der Waals surface area contributed by atoms with Crippen LogP contribution in [0.3, 0.4) is 0 Å². The number of nitrogens with one attached hydrogen (secondary N) is 1. The van der Waals surface area contributed by atoms with Gasteiger partial charge in [-0.1, -0.05) is 178 Å². The van der Waals surface area contributed by atoms with Crippen LogP contribution in [-0.2, 0) is 66.1 Å². The summed E-state index contributed by atoms with van der Waals surface area (Å²) in [7, 11) is 0. The van der Waals surface area contributed by atoms with Crippen LogP contribution >= 0.6 is 0 Å². The number of hydrogen-bond acceptors (Lipinski definition) is 9. The molecule has 10 heteroatoms. The van der Waals surface area contributed by atoms with Gasteiger partial charge in [0.15, 0.2) is 6.29 Å². The lowest BCUT2D eigenvalue weighted by Gasteiger charge is -2.46. The summed E-state index contributed by atoms with van der Waals surface area (Å²) in [5.74, 6) is -0.228. The minimum absolute atomic E-state index is 0.146. The third-order valence-electron chi connectivity index (χ3n) is 11.5. The van der Waals surface area contributed by atoms with Crippen LogP contribution in [-0.4, -0.2) is 78.3 Å². The molecule has 0 saturated carbocycles. The summed E-state index contributed by atoms with van der Waals surface area (Å²) in [5.41, 5.74) is 5.14. The predicted octanol–water partition coefficient (Wildman–Crippen LogP) is 8.90. The molecule has 0 bridgehead atoms. The molecule has 6 rings (SSSR count). The molecule has 1 fully saturated rings.